The Morgan fingerprint density at radius 1 is 1.19 bits per heavy atom. The Morgan fingerprint density at radius 2 is 1.96 bits per heavy atom. The van der Waals surface area contributed by atoms with Crippen LogP contribution < -0.4 is 5.32 Å². The van der Waals surface area contributed by atoms with Crippen molar-refractivity contribution in [2.45, 2.75) is 64.9 Å². The van der Waals surface area contributed by atoms with Crippen LogP contribution in [0, 0.1) is 13.8 Å². The summed E-state index contributed by atoms with van der Waals surface area (Å²) in [6.07, 6.45) is 6.70. The second-order valence-corrected chi connectivity index (χ2v) is 7.52. The van der Waals surface area contributed by atoms with Crippen LogP contribution in [0.3, 0.4) is 0 Å². The van der Waals surface area contributed by atoms with Gasteiger partial charge in [0.15, 0.2) is 0 Å². The van der Waals surface area contributed by atoms with Crippen LogP contribution in [-0.4, -0.2) is 54.0 Å². The number of amides is 2. The predicted octanol–water partition coefficient (Wildman–Crippen LogP) is 2.49. The van der Waals surface area contributed by atoms with Crippen LogP contribution in [0.1, 0.15) is 65.8 Å². The average Bonchev–Trinajstić information content (AvgIpc) is 3.26. The number of ether oxygens (including phenoxy) is 1. The predicted molar refractivity (Wildman–Crippen MR) is 100 cm³/mol. The maximum Gasteiger partial charge on any atom is 0.255 e. The number of nitrogens with one attached hydrogen (secondary N) is 2. The summed E-state index contributed by atoms with van der Waals surface area (Å²) in [5.41, 5.74) is 3.69. The zero-order chi connectivity index (χ0) is 18.5. The fraction of sp³-hybridized carbons (Fsp3) is 0.700. The average molecular weight is 361 g/mol. The molecule has 144 valence electrons. The largest absolute Gasteiger partial charge is 0.376 e. The molecule has 0 radical (unpaired) electrons. The van der Waals surface area contributed by atoms with Crippen LogP contribution in [0.4, 0.5) is 0 Å². The van der Waals surface area contributed by atoms with Gasteiger partial charge in [-0.1, -0.05) is 0 Å². The summed E-state index contributed by atoms with van der Waals surface area (Å²) in [6.45, 7) is 7.04. The molecular weight excluding hydrogens is 330 g/mol. The van der Waals surface area contributed by atoms with Crippen molar-refractivity contribution in [3.05, 3.63) is 22.5 Å². The fourth-order valence-corrected chi connectivity index (χ4v) is 4.00. The molecule has 2 aliphatic heterocycles. The van der Waals surface area contributed by atoms with E-state index in [4.69, 9.17) is 4.74 Å². The molecule has 2 N–H and O–H groups in total. The summed E-state index contributed by atoms with van der Waals surface area (Å²) in [4.78, 5) is 30.3. The van der Waals surface area contributed by atoms with Crippen molar-refractivity contribution in [1.29, 1.82) is 0 Å². The summed E-state index contributed by atoms with van der Waals surface area (Å²) >= 11 is 0. The van der Waals surface area contributed by atoms with Gasteiger partial charge in [-0.15, -0.1) is 0 Å². The van der Waals surface area contributed by atoms with Gasteiger partial charge in [0.1, 0.15) is 0 Å². The standard InChI is InChI=1S/C20H31N3O3/c1-14-17(8-9-18(24)21-13-16-7-6-12-26-16)22-15(2)19(14)20(25)23-10-4-3-5-11-23/h16,22H,3-13H2,1-2H3,(H,21,24)/t16-/m1/s1. The lowest BCUT2D eigenvalue weighted by Gasteiger charge is -2.27. The number of rotatable bonds is 6. The molecule has 0 spiro atoms. The highest BCUT2D eigenvalue weighted by Gasteiger charge is 2.24. The van der Waals surface area contributed by atoms with Gasteiger partial charge < -0.3 is 19.9 Å². The zero-order valence-corrected chi connectivity index (χ0v) is 16.0. The van der Waals surface area contributed by atoms with Crippen LogP contribution in [0.5, 0.6) is 0 Å². The van der Waals surface area contributed by atoms with E-state index < -0.39 is 0 Å². The smallest absolute Gasteiger partial charge is 0.255 e. The molecule has 1 aromatic heterocycles. The Kier molecular flexibility index (Phi) is 6.35. The van der Waals surface area contributed by atoms with E-state index in [-0.39, 0.29) is 17.9 Å². The summed E-state index contributed by atoms with van der Waals surface area (Å²) in [5, 5.41) is 2.96. The molecule has 2 saturated heterocycles. The first-order valence-corrected chi connectivity index (χ1v) is 9.92. The van der Waals surface area contributed by atoms with Crippen LogP contribution in [0.2, 0.25) is 0 Å². The second-order valence-electron chi connectivity index (χ2n) is 7.52. The van der Waals surface area contributed by atoms with Crippen LogP contribution in [0.25, 0.3) is 0 Å². The normalized spacial score (nSPS) is 20.4. The zero-order valence-electron chi connectivity index (χ0n) is 16.0. The molecule has 1 atom stereocenters. The number of aryl methyl sites for hydroxylation is 2. The van der Waals surface area contributed by atoms with E-state index in [1.807, 2.05) is 18.7 Å². The number of H-pyrrole nitrogens is 1. The van der Waals surface area contributed by atoms with Gasteiger partial charge in [0, 0.05) is 44.0 Å². The highest BCUT2D eigenvalue weighted by Crippen LogP contribution is 2.23. The Hall–Kier alpha value is -1.82. The van der Waals surface area contributed by atoms with Crippen molar-refractivity contribution in [2.24, 2.45) is 0 Å². The Labute approximate surface area is 155 Å². The highest BCUT2D eigenvalue weighted by atomic mass is 16.5. The van der Waals surface area contributed by atoms with Crippen molar-refractivity contribution in [1.82, 2.24) is 15.2 Å². The van der Waals surface area contributed by atoms with Gasteiger partial charge in [-0.3, -0.25) is 9.59 Å². The van der Waals surface area contributed by atoms with Gasteiger partial charge in [0.25, 0.3) is 5.91 Å². The molecule has 0 unspecified atom stereocenters. The van der Waals surface area contributed by atoms with Gasteiger partial charge in [-0.25, -0.2) is 0 Å². The molecule has 2 aliphatic rings. The van der Waals surface area contributed by atoms with E-state index in [0.717, 1.165) is 67.9 Å². The van der Waals surface area contributed by atoms with Gasteiger partial charge in [-0.05, 0) is 57.9 Å². The Morgan fingerprint density at radius 3 is 2.65 bits per heavy atom. The third kappa shape index (κ3) is 4.47. The number of piperidine rings is 1. The number of likely N-dealkylation sites (tertiary alicyclic amines) is 1. The Balaban J connectivity index is 1.55. The number of nitrogens with zero attached hydrogens (tertiary/aromatic N) is 1. The van der Waals surface area contributed by atoms with Crippen molar-refractivity contribution >= 4 is 11.8 Å². The number of carbonyl (C=O) groups is 2. The summed E-state index contributed by atoms with van der Waals surface area (Å²) in [7, 11) is 0. The lowest BCUT2D eigenvalue weighted by Crippen LogP contribution is -2.36. The van der Waals surface area contributed by atoms with E-state index >= 15 is 0 Å². The first-order chi connectivity index (χ1) is 12.6. The lowest BCUT2D eigenvalue weighted by atomic mass is 10.0. The van der Waals surface area contributed by atoms with Crippen molar-refractivity contribution in [3.63, 3.8) is 0 Å². The highest BCUT2D eigenvalue weighted by molar-refractivity contribution is 5.97. The SMILES string of the molecule is Cc1[nH]c(CCC(=O)NC[C@H]2CCCO2)c(C)c1C(=O)N1CCCCC1. The van der Waals surface area contributed by atoms with Crippen molar-refractivity contribution in [2.75, 3.05) is 26.2 Å². The molecule has 2 fully saturated rings. The van der Waals surface area contributed by atoms with Crippen LogP contribution in [-0.2, 0) is 16.0 Å². The molecule has 6 nitrogen and oxygen atoms in total. The van der Waals surface area contributed by atoms with E-state index in [9.17, 15) is 9.59 Å². The molecule has 0 saturated carbocycles. The van der Waals surface area contributed by atoms with Gasteiger partial charge in [0.05, 0.1) is 11.7 Å². The minimum atomic E-state index is 0.0380. The van der Waals surface area contributed by atoms with Crippen LogP contribution in [0.15, 0.2) is 0 Å². The monoisotopic (exact) mass is 361 g/mol. The third-order valence-corrected chi connectivity index (χ3v) is 5.55. The first kappa shape index (κ1) is 19.0. The minimum Gasteiger partial charge on any atom is -0.376 e. The molecular formula is C20H31N3O3. The second kappa shape index (κ2) is 8.71. The summed E-state index contributed by atoms with van der Waals surface area (Å²) in [6, 6.07) is 0. The maximum atomic E-state index is 12.9. The minimum absolute atomic E-state index is 0.0380. The number of carbonyl (C=O) groups excluding carboxylic acids is 2. The van der Waals surface area contributed by atoms with E-state index in [1.54, 1.807) is 0 Å². The summed E-state index contributed by atoms with van der Waals surface area (Å²) in [5.74, 6) is 0.168. The molecule has 6 heteroatoms. The molecule has 2 amide bonds. The summed E-state index contributed by atoms with van der Waals surface area (Å²) < 4.78 is 5.53. The Bertz CT molecular complexity index is 641. The number of hydrogen-bond donors (Lipinski definition) is 2. The van der Waals surface area contributed by atoms with E-state index in [2.05, 4.69) is 10.3 Å². The van der Waals surface area contributed by atoms with Gasteiger partial charge >= 0.3 is 0 Å². The van der Waals surface area contributed by atoms with E-state index in [0.29, 0.717) is 19.4 Å². The molecule has 26 heavy (non-hydrogen) atoms. The molecule has 3 heterocycles. The quantitative estimate of drug-likeness (QED) is 0.817. The van der Waals surface area contributed by atoms with Gasteiger partial charge in [0.2, 0.25) is 5.91 Å². The lowest BCUT2D eigenvalue weighted by molar-refractivity contribution is -0.121. The van der Waals surface area contributed by atoms with Crippen LogP contribution >= 0.6 is 0 Å². The topological polar surface area (TPSA) is 74.4 Å². The molecule has 0 bridgehead atoms. The molecule has 0 aromatic carbocycles. The number of hydrogen-bond acceptors (Lipinski definition) is 3. The number of aromatic amines is 1. The third-order valence-electron chi connectivity index (χ3n) is 5.55. The van der Waals surface area contributed by atoms with Gasteiger partial charge in [-0.2, -0.15) is 0 Å². The van der Waals surface area contributed by atoms with Crippen molar-refractivity contribution in [3.8, 4) is 0 Å². The molecule has 3 rings (SSSR count). The van der Waals surface area contributed by atoms with Crippen molar-refractivity contribution < 1.29 is 14.3 Å². The first-order valence-electron chi connectivity index (χ1n) is 9.92. The van der Waals surface area contributed by atoms with E-state index in [1.165, 1.54) is 6.42 Å². The maximum absolute atomic E-state index is 12.9. The molecule has 0 aliphatic carbocycles. The fourth-order valence-electron chi connectivity index (χ4n) is 4.00. The number of aromatic nitrogens is 1. The molecule has 1 aromatic rings.